The number of aromatic nitrogens is 3. The van der Waals surface area contributed by atoms with Gasteiger partial charge in [0.25, 0.3) is 0 Å². The van der Waals surface area contributed by atoms with Crippen LogP contribution in [0.25, 0.3) is 72.7 Å². The van der Waals surface area contributed by atoms with Gasteiger partial charge in [-0.25, -0.2) is 4.98 Å². The molecule has 344 valence electrons. The van der Waals surface area contributed by atoms with E-state index in [2.05, 4.69) is 0 Å². The lowest BCUT2D eigenvalue weighted by Gasteiger charge is -2.28. The highest BCUT2D eigenvalue weighted by Crippen LogP contribution is 2.46. The zero-order valence-corrected chi connectivity index (χ0v) is 39.0. The Hall–Kier alpha value is -6.26. The van der Waals surface area contributed by atoms with Gasteiger partial charge in [0.05, 0.1) is 37.6 Å². The van der Waals surface area contributed by atoms with Crippen molar-refractivity contribution in [1.82, 2.24) is 14.5 Å². The molecule has 67 heavy (non-hydrogen) atoms. The molecule has 0 bridgehead atoms. The largest absolute Gasteiger partial charge is 0.507 e. The smallest absolute Gasteiger partial charge is 0.149 e. The molecule has 0 radical (unpaired) electrons. The van der Waals surface area contributed by atoms with Crippen LogP contribution in [0, 0.1) is 5.41 Å². The molecule has 0 aliphatic rings. The van der Waals surface area contributed by atoms with E-state index in [1.54, 1.807) is 57.2 Å². The van der Waals surface area contributed by atoms with Gasteiger partial charge in [-0.05, 0) is 126 Å². The Morgan fingerprint density at radius 3 is 1.88 bits per heavy atom. The van der Waals surface area contributed by atoms with Crippen molar-refractivity contribution in [3.63, 3.8) is 0 Å². The Labute approximate surface area is 439 Å². The molecule has 0 atom stereocenters. The van der Waals surface area contributed by atoms with Crippen molar-refractivity contribution in [2.24, 2.45) is 5.41 Å². The van der Waals surface area contributed by atoms with Crippen LogP contribution in [0.3, 0.4) is 0 Å². The zero-order chi connectivity index (χ0) is 71.3. The van der Waals surface area contributed by atoms with Gasteiger partial charge in [-0.3, -0.25) is 9.55 Å². The van der Waals surface area contributed by atoms with Crippen LogP contribution in [0.5, 0.6) is 5.75 Å². The number of phenolic OH excluding ortho intramolecular Hbond substituents is 1. The lowest BCUT2D eigenvalue weighted by molar-refractivity contribution is 0.411. The molecule has 6 aromatic carbocycles. The molecular formula is C63H71N3O. The SMILES string of the molecule is [2H]c1cc(C([2H])([2H])C(C)(C)C)cc([2H])c1-c1ccnc(-c2cc(-c3cccc4c3nc(-c3cc(C(C([2H])([2H])[2H])(C([2H])([2H])[2H])C([2H])([2H])[2H])cc(C(C([2H])([2H])[2H])(C([2H])([2H])[2H])C([2H])([2H])[2H])c3O)n4-c3ccc(C(C)(C)C)cc3-c3c([2H])c([2H])c([2H])c([2H])c3[2H])cc(C(C)(C)C)c2)c1. The Balaban J connectivity index is 1.63. The predicted molar refractivity (Wildman–Crippen MR) is 286 cm³/mol. The van der Waals surface area contributed by atoms with E-state index < -0.39 is 139 Å². The molecule has 0 aliphatic carbocycles. The third-order valence-electron chi connectivity index (χ3n) is 11.5. The summed E-state index contributed by atoms with van der Waals surface area (Å²) in [5, 5.41) is 13.2. The van der Waals surface area contributed by atoms with Gasteiger partial charge >= 0.3 is 0 Å². The van der Waals surface area contributed by atoms with Gasteiger partial charge in [0, 0.05) is 55.9 Å². The highest BCUT2D eigenvalue weighted by molar-refractivity contribution is 5.98. The van der Waals surface area contributed by atoms with Crippen molar-refractivity contribution < 1.29 is 42.1 Å². The van der Waals surface area contributed by atoms with Crippen LogP contribution in [-0.4, -0.2) is 19.6 Å². The molecule has 2 heterocycles. The van der Waals surface area contributed by atoms with Crippen molar-refractivity contribution in [2.45, 2.75) is 131 Å². The fourth-order valence-corrected chi connectivity index (χ4v) is 8.01. The second-order valence-electron chi connectivity index (χ2n) is 20.1. The second kappa shape index (κ2) is 17.1. The molecule has 0 fully saturated rings. The number of phenols is 1. The van der Waals surface area contributed by atoms with Crippen LogP contribution >= 0.6 is 0 Å². The maximum Gasteiger partial charge on any atom is 0.149 e. The number of rotatable bonds is 7. The number of benzene rings is 6. The summed E-state index contributed by atoms with van der Waals surface area (Å²) in [6, 6.07) is 17.4. The zero-order valence-electron chi connectivity index (χ0n) is 66.0. The third-order valence-corrected chi connectivity index (χ3v) is 11.5. The molecule has 0 amide bonds. The van der Waals surface area contributed by atoms with Gasteiger partial charge in [-0.15, -0.1) is 0 Å². The molecular weight excluding hydrogens is 815 g/mol. The van der Waals surface area contributed by atoms with Crippen LogP contribution in [-0.2, 0) is 28.0 Å². The number of para-hydroxylation sites is 1. The number of hydrogen-bond donors (Lipinski definition) is 1. The van der Waals surface area contributed by atoms with E-state index in [0.717, 1.165) is 0 Å². The summed E-state index contributed by atoms with van der Waals surface area (Å²) >= 11 is 0. The minimum absolute atomic E-state index is 0.0218. The average Bonchev–Trinajstić information content (AvgIpc) is 0.812. The molecule has 8 rings (SSSR count). The number of pyridine rings is 1. The van der Waals surface area contributed by atoms with E-state index >= 15 is 0 Å². The third kappa shape index (κ3) is 9.91. The molecule has 1 N–H and O–H groups in total. The van der Waals surface area contributed by atoms with Crippen LogP contribution in [0.4, 0.5) is 0 Å². The minimum Gasteiger partial charge on any atom is -0.507 e. The summed E-state index contributed by atoms with van der Waals surface area (Å²) in [5.74, 6) is -2.25. The van der Waals surface area contributed by atoms with Crippen LogP contribution < -0.4 is 0 Å². The number of aromatic hydroxyl groups is 1. The number of fused-ring (bicyclic) bond motifs is 1. The second-order valence-corrected chi connectivity index (χ2v) is 20.1. The van der Waals surface area contributed by atoms with Gasteiger partial charge in [0.1, 0.15) is 11.6 Å². The van der Waals surface area contributed by atoms with E-state index in [9.17, 15) is 7.85 Å². The fraction of sp³-hybridized carbons (Fsp3) is 0.333. The Morgan fingerprint density at radius 1 is 0.567 bits per heavy atom. The van der Waals surface area contributed by atoms with E-state index in [1.165, 1.54) is 41.1 Å². The summed E-state index contributed by atoms with van der Waals surface area (Å²) in [5.41, 5.74) is -12.3. The van der Waals surface area contributed by atoms with Gasteiger partial charge in [0.2, 0.25) is 0 Å². The topological polar surface area (TPSA) is 50.9 Å². The molecule has 0 saturated heterocycles. The number of nitrogens with zero attached hydrogens (tertiary/aromatic N) is 3. The first-order chi connectivity index (χ1) is 42.4. The normalized spacial score (nSPS) is 20.0. The van der Waals surface area contributed by atoms with E-state index in [0.29, 0.717) is 39.6 Å². The molecule has 4 heteroatoms. The fourth-order valence-electron chi connectivity index (χ4n) is 8.01. The maximum absolute atomic E-state index is 13.2. The highest BCUT2D eigenvalue weighted by atomic mass is 16.3. The number of imidazole rings is 1. The lowest BCUT2D eigenvalue weighted by Crippen LogP contribution is -2.17. The first-order valence-electron chi connectivity index (χ1n) is 35.3. The quantitative estimate of drug-likeness (QED) is 0.173. The molecule has 2 aromatic heterocycles. The van der Waals surface area contributed by atoms with E-state index in [4.69, 9.17) is 44.2 Å². The van der Waals surface area contributed by atoms with Gasteiger partial charge in [-0.1, -0.05) is 188 Å². The lowest BCUT2D eigenvalue weighted by atomic mass is 9.79. The first kappa shape index (κ1) is 24.2. The highest BCUT2D eigenvalue weighted by Gasteiger charge is 2.30. The molecule has 0 unspecified atom stereocenters. The summed E-state index contributed by atoms with van der Waals surface area (Å²) in [6.07, 6.45) is -0.438. The van der Waals surface area contributed by atoms with Gasteiger partial charge < -0.3 is 5.11 Å². The molecule has 0 aliphatic heterocycles. The van der Waals surface area contributed by atoms with Crippen LogP contribution in [0.2, 0.25) is 0 Å². The van der Waals surface area contributed by atoms with Crippen molar-refractivity contribution >= 4 is 11.0 Å². The summed E-state index contributed by atoms with van der Waals surface area (Å²) in [7, 11) is 0. The minimum atomic E-state index is -4.30. The maximum atomic E-state index is 13.2. The first-order valence-corrected chi connectivity index (χ1v) is 21.8. The summed E-state index contributed by atoms with van der Waals surface area (Å²) < 4.78 is 241. The van der Waals surface area contributed by atoms with Crippen LogP contribution in [0.15, 0.2) is 139 Å². The van der Waals surface area contributed by atoms with Gasteiger partial charge in [0.15, 0.2) is 0 Å². The van der Waals surface area contributed by atoms with Crippen molar-refractivity contribution in [3.8, 4) is 67.5 Å². The van der Waals surface area contributed by atoms with Crippen molar-refractivity contribution in [3.05, 3.63) is 167 Å². The van der Waals surface area contributed by atoms with E-state index in [1.807, 2.05) is 53.7 Å². The standard InChI is InChI=1S/C63H71N3O/c1-59(2,3)39-40-24-26-41(27-25-40)43-30-31-64-53(35-43)45-32-44(33-47(34-45)61(7,8)9)49-22-19-23-55-56(49)65-58(51-37-48(62(10,11)12)38-52(57(51)67)63(13,14)15)66(55)54-29-28-46(60(4,5)6)36-50(54)42-20-17-16-18-21-42/h16-38,67H,39H2,1-15H3/i10D3,11D3,12D3,13D3,14D3,15D3,16D,17D,18D,20D,21D,26D,27D,39D2. The predicted octanol–water partition coefficient (Wildman–Crippen LogP) is 17.2. The Kier molecular flexibility index (Phi) is 6.17. The number of hydrogen-bond acceptors (Lipinski definition) is 3. The Morgan fingerprint density at radius 2 is 1.22 bits per heavy atom. The Bertz CT molecular complexity index is 4190. The van der Waals surface area contributed by atoms with Crippen LogP contribution in [0.1, 0.15) is 168 Å². The monoisotopic (exact) mass is 913 g/mol. The molecule has 8 aromatic rings. The molecule has 4 nitrogen and oxygen atoms in total. The summed E-state index contributed by atoms with van der Waals surface area (Å²) in [4.78, 5) is 9.83. The van der Waals surface area contributed by atoms with Crippen molar-refractivity contribution in [1.29, 1.82) is 0 Å². The molecule has 0 spiro atoms. The average molecular weight is 913 g/mol. The molecule has 0 saturated carbocycles. The van der Waals surface area contributed by atoms with E-state index in [-0.39, 0.29) is 57.1 Å². The summed E-state index contributed by atoms with van der Waals surface area (Å²) in [6.45, 7) is -8.98. The van der Waals surface area contributed by atoms with Gasteiger partial charge in [-0.2, -0.15) is 0 Å². The van der Waals surface area contributed by atoms with Crippen molar-refractivity contribution in [2.75, 3.05) is 0 Å².